The quantitative estimate of drug-likeness (QED) is 0.208. The Balaban J connectivity index is 2.05. The first-order chi connectivity index (χ1) is 20.6. The number of rotatable bonds is 16. The van der Waals surface area contributed by atoms with Crippen LogP contribution in [0.3, 0.4) is 0 Å². The van der Waals surface area contributed by atoms with Gasteiger partial charge in [-0.3, -0.25) is 13.9 Å². The normalized spacial score (nSPS) is 12.0. The van der Waals surface area contributed by atoms with Crippen LogP contribution in [-0.2, 0) is 26.0 Å². The lowest BCUT2D eigenvalue weighted by Gasteiger charge is -2.33. The van der Waals surface area contributed by atoms with Gasteiger partial charge in [0.2, 0.25) is 11.8 Å². The Morgan fingerprint density at radius 2 is 1.58 bits per heavy atom. The van der Waals surface area contributed by atoms with Gasteiger partial charge in [0.15, 0.2) is 0 Å². The molecular weight excluding hydrogens is 583 g/mol. The molecule has 232 valence electrons. The topological polar surface area (TPSA) is 96.0 Å². The summed E-state index contributed by atoms with van der Waals surface area (Å²) in [5.74, 6) is -0.143. The van der Waals surface area contributed by atoms with Gasteiger partial charge in [0.05, 0.1) is 17.2 Å². The highest BCUT2D eigenvalue weighted by Crippen LogP contribution is 2.33. The molecule has 1 atom stereocenters. The molecule has 10 heteroatoms. The Kier molecular flexibility index (Phi) is 12.9. The number of sulfonamides is 1. The zero-order valence-corrected chi connectivity index (χ0v) is 27.3. The zero-order valence-electron chi connectivity index (χ0n) is 25.7. The van der Waals surface area contributed by atoms with Gasteiger partial charge in [-0.15, -0.1) is 11.8 Å². The fraction of sp³-hybridized carbons (Fsp3) is 0.394. The minimum absolute atomic E-state index is 0.0574. The number of benzene rings is 3. The van der Waals surface area contributed by atoms with Gasteiger partial charge < -0.3 is 15.0 Å². The number of carbonyl (C=O) groups excluding carboxylic acids is 2. The van der Waals surface area contributed by atoms with Crippen LogP contribution in [0.25, 0.3) is 0 Å². The van der Waals surface area contributed by atoms with Gasteiger partial charge in [-0.1, -0.05) is 63.2 Å². The van der Waals surface area contributed by atoms with Crippen molar-refractivity contribution in [3.63, 3.8) is 0 Å². The Labute approximate surface area is 260 Å². The Hall–Kier alpha value is -3.50. The molecule has 0 heterocycles. The summed E-state index contributed by atoms with van der Waals surface area (Å²) in [7, 11) is -4.19. The van der Waals surface area contributed by atoms with E-state index in [-0.39, 0.29) is 29.0 Å². The molecule has 3 aromatic carbocycles. The first kappa shape index (κ1) is 34.0. The SMILES string of the molecule is CCOc1ccccc1N(CC(=O)N(CCc1ccccc1)[C@@H](CC)C(=O)NCC(C)C)S(=O)(=O)c1ccc(SC)cc1. The van der Waals surface area contributed by atoms with E-state index in [0.29, 0.717) is 31.7 Å². The largest absolute Gasteiger partial charge is 0.492 e. The van der Waals surface area contributed by atoms with Crippen LogP contribution < -0.4 is 14.4 Å². The van der Waals surface area contributed by atoms with Gasteiger partial charge in [-0.25, -0.2) is 8.42 Å². The number of nitrogens with one attached hydrogen (secondary N) is 1. The third-order valence-corrected chi connectivity index (χ3v) is 9.43. The van der Waals surface area contributed by atoms with Crippen molar-refractivity contribution in [1.29, 1.82) is 0 Å². The highest BCUT2D eigenvalue weighted by Gasteiger charge is 2.34. The summed E-state index contributed by atoms with van der Waals surface area (Å²) in [6, 6.07) is 22.3. The molecule has 3 aromatic rings. The van der Waals surface area contributed by atoms with E-state index in [1.165, 1.54) is 16.7 Å². The third-order valence-electron chi connectivity index (χ3n) is 6.91. The van der Waals surface area contributed by atoms with Crippen LogP contribution in [0.15, 0.2) is 88.7 Å². The van der Waals surface area contributed by atoms with E-state index >= 15 is 0 Å². The number of para-hydroxylation sites is 2. The molecular formula is C33H43N3O5S2. The van der Waals surface area contributed by atoms with Gasteiger partial charge >= 0.3 is 0 Å². The summed E-state index contributed by atoms with van der Waals surface area (Å²) in [5.41, 5.74) is 1.27. The second kappa shape index (κ2) is 16.4. The maximum atomic E-state index is 14.2. The fourth-order valence-electron chi connectivity index (χ4n) is 4.65. The van der Waals surface area contributed by atoms with Crippen LogP contribution in [0.2, 0.25) is 0 Å². The second-order valence-electron chi connectivity index (χ2n) is 10.5. The minimum Gasteiger partial charge on any atom is -0.492 e. The number of hydrogen-bond donors (Lipinski definition) is 1. The third kappa shape index (κ3) is 9.24. The highest BCUT2D eigenvalue weighted by atomic mass is 32.2. The molecule has 0 saturated carbocycles. The minimum atomic E-state index is -4.19. The summed E-state index contributed by atoms with van der Waals surface area (Å²) in [6.45, 7) is 8.22. The van der Waals surface area contributed by atoms with Gasteiger partial charge in [-0.2, -0.15) is 0 Å². The van der Waals surface area contributed by atoms with E-state index < -0.39 is 28.5 Å². The lowest BCUT2D eigenvalue weighted by Crippen LogP contribution is -2.53. The molecule has 0 aromatic heterocycles. The zero-order chi connectivity index (χ0) is 31.4. The van der Waals surface area contributed by atoms with Gasteiger partial charge in [-0.05, 0) is 73.9 Å². The summed E-state index contributed by atoms with van der Waals surface area (Å²) >= 11 is 1.51. The van der Waals surface area contributed by atoms with Crippen molar-refractivity contribution in [2.45, 2.75) is 56.4 Å². The summed E-state index contributed by atoms with van der Waals surface area (Å²) in [4.78, 5) is 30.1. The average Bonchev–Trinajstić information content (AvgIpc) is 3.01. The van der Waals surface area contributed by atoms with E-state index in [4.69, 9.17) is 4.74 Å². The average molecular weight is 626 g/mol. The molecule has 0 unspecified atom stereocenters. The Morgan fingerprint density at radius 3 is 2.19 bits per heavy atom. The number of anilines is 1. The van der Waals surface area contributed by atoms with Crippen LogP contribution >= 0.6 is 11.8 Å². The number of carbonyl (C=O) groups is 2. The maximum absolute atomic E-state index is 14.2. The molecule has 1 N–H and O–H groups in total. The second-order valence-corrected chi connectivity index (χ2v) is 13.2. The number of ether oxygens (including phenoxy) is 1. The number of hydrogen-bond acceptors (Lipinski definition) is 6. The Morgan fingerprint density at radius 1 is 0.930 bits per heavy atom. The van der Waals surface area contributed by atoms with E-state index in [2.05, 4.69) is 5.32 Å². The van der Waals surface area contributed by atoms with Crippen molar-refractivity contribution >= 4 is 39.3 Å². The van der Waals surface area contributed by atoms with Crippen molar-refractivity contribution in [2.24, 2.45) is 5.92 Å². The van der Waals surface area contributed by atoms with Gasteiger partial charge in [0.25, 0.3) is 10.0 Å². The summed E-state index contributed by atoms with van der Waals surface area (Å²) in [6.07, 6.45) is 2.81. The molecule has 0 fully saturated rings. The molecule has 43 heavy (non-hydrogen) atoms. The van der Waals surface area contributed by atoms with Crippen LogP contribution in [0.4, 0.5) is 5.69 Å². The number of thioether (sulfide) groups is 1. The van der Waals surface area contributed by atoms with Crippen molar-refractivity contribution in [3.05, 3.63) is 84.4 Å². The van der Waals surface area contributed by atoms with Crippen molar-refractivity contribution in [1.82, 2.24) is 10.2 Å². The maximum Gasteiger partial charge on any atom is 0.264 e. The molecule has 2 amide bonds. The molecule has 0 aliphatic carbocycles. The fourth-order valence-corrected chi connectivity index (χ4v) is 6.48. The Bertz CT molecular complexity index is 1430. The predicted molar refractivity (Wildman–Crippen MR) is 174 cm³/mol. The lowest BCUT2D eigenvalue weighted by atomic mass is 10.1. The van der Waals surface area contributed by atoms with Crippen molar-refractivity contribution in [3.8, 4) is 5.75 Å². The van der Waals surface area contributed by atoms with Crippen LogP contribution in [-0.4, -0.2) is 63.7 Å². The van der Waals surface area contributed by atoms with Crippen LogP contribution in [0.1, 0.15) is 39.7 Å². The summed E-state index contributed by atoms with van der Waals surface area (Å²) in [5, 5.41) is 2.96. The van der Waals surface area contributed by atoms with E-state index in [1.54, 1.807) is 48.5 Å². The molecule has 0 spiro atoms. The molecule has 0 saturated heterocycles. The highest BCUT2D eigenvalue weighted by molar-refractivity contribution is 7.98. The van der Waals surface area contributed by atoms with Crippen LogP contribution in [0.5, 0.6) is 5.75 Å². The first-order valence-electron chi connectivity index (χ1n) is 14.6. The van der Waals surface area contributed by atoms with Crippen molar-refractivity contribution < 1.29 is 22.7 Å². The molecule has 0 bridgehead atoms. The number of nitrogens with zero attached hydrogens (tertiary/aromatic N) is 2. The first-order valence-corrected chi connectivity index (χ1v) is 17.3. The molecule has 0 radical (unpaired) electrons. The lowest BCUT2D eigenvalue weighted by molar-refractivity contribution is -0.139. The number of amides is 2. The monoisotopic (exact) mass is 625 g/mol. The molecule has 0 aliphatic heterocycles. The molecule has 0 aliphatic rings. The molecule has 3 rings (SSSR count). The van der Waals surface area contributed by atoms with Crippen LogP contribution in [0, 0.1) is 5.92 Å². The molecule has 8 nitrogen and oxygen atoms in total. The summed E-state index contributed by atoms with van der Waals surface area (Å²) < 4.78 is 35.3. The van der Waals surface area contributed by atoms with Gasteiger partial charge in [0, 0.05) is 18.0 Å². The predicted octanol–water partition coefficient (Wildman–Crippen LogP) is 5.62. The smallest absolute Gasteiger partial charge is 0.264 e. The van der Waals surface area contributed by atoms with Gasteiger partial charge in [0.1, 0.15) is 18.3 Å². The van der Waals surface area contributed by atoms with E-state index in [0.717, 1.165) is 14.8 Å². The van der Waals surface area contributed by atoms with Crippen molar-refractivity contribution in [2.75, 3.05) is 36.8 Å². The van der Waals surface area contributed by atoms with E-state index in [9.17, 15) is 18.0 Å². The standard InChI is InChI=1S/C33H43N3O5S2/c1-6-29(33(38)34-23-25(3)4)35(22-21-26-13-9-8-10-14-26)32(37)24-36(30-15-11-12-16-31(30)41-7-2)43(39,40)28-19-17-27(42-5)18-20-28/h8-20,25,29H,6-7,21-24H2,1-5H3,(H,34,38)/t29-/m0/s1. The van der Waals surface area contributed by atoms with E-state index in [1.807, 2.05) is 64.3 Å².